The Morgan fingerprint density at radius 2 is 1.84 bits per heavy atom. The summed E-state index contributed by atoms with van der Waals surface area (Å²) in [4.78, 5) is 37.4. The number of benzene rings is 2. The van der Waals surface area contributed by atoms with Gasteiger partial charge < -0.3 is 10.1 Å². The van der Waals surface area contributed by atoms with Crippen LogP contribution in [-0.4, -0.2) is 35.1 Å². The van der Waals surface area contributed by atoms with Crippen LogP contribution in [0.2, 0.25) is 0 Å². The molecule has 7 nitrogen and oxygen atoms in total. The molecule has 1 aliphatic rings. The van der Waals surface area contributed by atoms with Gasteiger partial charge in [-0.1, -0.05) is 12.1 Å². The van der Waals surface area contributed by atoms with Gasteiger partial charge in [0.05, 0.1) is 10.6 Å². The van der Waals surface area contributed by atoms with E-state index in [1.807, 2.05) is 11.4 Å². The quantitative estimate of drug-likeness (QED) is 0.536. The Hall–Kier alpha value is -3.78. The molecule has 11 heteroatoms. The van der Waals surface area contributed by atoms with Crippen LogP contribution >= 0.6 is 11.8 Å². The minimum Gasteiger partial charge on any atom is -0.479 e. The summed E-state index contributed by atoms with van der Waals surface area (Å²) in [6, 6.07) is 9.67. The molecule has 2 aromatic rings. The monoisotopic (exact) mass is 447 g/mol. The molecule has 0 radical (unpaired) electrons. The molecule has 3 amide bonds. The van der Waals surface area contributed by atoms with Gasteiger partial charge in [0.2, 0.25) is 5.91 Å². The number of imide groups is 1. The fourth-order valence-electron chi connectivity index (χ4n) is 2.52. The van der Waals surface area contributed by atoms with Crippen LogP contribution in [0.3, 0.4) is 0 Å². The molecule has 158 valence electrons. The van der Waals surface area contributed by atoms with Crippen LogP contribution in [0.25, 0.3) is 6.08 Å². The Labute approximate surface area is 178 Å². The second-order valence-electron chi connectivity index (χ2n) is 6.05. The first-order valence-electron chi connectivity index (χ1n) is 8.58. The zero-order valence-corrected chi connectivity index (χ0v) is 16.3. The molecule has 1 heterocycles. The highest BCUT2D eigenvalue weighted by molar-refractivity contribution is 8.18. The number of hydrogen-bond donors (Lipinski definition) is 1. The molecule has 0 bridgehead atoms. The zero-order chi connectivity index (χ0) is 22.5. The van der Waals surface area contributed by atoms with Gasteiger partial charge in [-0.25, -0.2) is 13.2 Å². The molecule has 2 aromatic carbocycles. The van der Waals surface area contributed by atoms with Crippen molar-refractivity contribution in [2.45, 2.75) is 0 Å². The van der Waals surface area contributed by atoms with E-state index in [2.05, 4.69) is 0 Å². The van der Waals surface area contributed by atoms with Gasteiger partial charge in [-0.3, -0.25) is 19.3 Å². The molecule has 1 saturated heterocycles. The molecule has 3 rings (SSSR count). The summed E-state index contributed by atoms with van der Waals surface area (Å²) in [7, 11) is 0. The smallest absolute Gasteiger partial charge is 0.294 e. The molecule has 0 saturated carbocycles. The zero-order valence-electron chi connectivity index (χ0n) is 15.5. The van der Waals surface area contributed by atoms with Gasteiger partial charge in [0.15, 0.2) is 24.1 Å². The largest absolute Gasteiger partial charge is 0.479 e. The number of rotatable bonds is 6. The summed E-state index contributed by atoms with van der Waals surface area (Å²) in [5, 5.41) is 9.78. The van der Waals surface area contributed by atoms with Crippen molar-refractivity contribution >= 4 is 40.6 Å². The van der Waals surface area contributed by atoms with E-state index in [1.54, 1.807) is 24.3 Å². The average Bonchev–Trinajstić information content (AvgIpc) is 3.01. The number of nitrogens with one attached hydrogen (secondary N) is 1. The first kappa shape index (κ1) is 21.9. The highest BCUT2D eigenvalue weighted by atomic mass is 32.2. The van der Waals surface area contributed by atoms with Crippen molar-refractivity contribution in [1.82, 2.24) is 4.90 Å². The molecule has 1 fully saturated rings. The number of carbonyl (C=O) groups is 3. The summed E-state index contributed by atoms with van der Waals surface area (Å²) in [5.74, 6) is -6.02. The molecule has 0 unspecified atom stereocenters. The van der Waals surface area contributed by atoms with Gasteiger partial charge in [-0.2, -0.15) is 5.26 Å². The third-order valence-corrected chi connectivity index (χ3v) is 4.87. The highest BCUT2D eigenvalue weighted by Crippen LogP contribution is 2.32. The lowest BCUT2D eigenvalue weighted by atomic mass is 10.2. The maximum atomic E-state index is 13.7. The molecular formula is C20H12F3N3O4S. The molecule has 0 aromatic heterocycles. The summed E-state index contributed by atoms with van der Waals surface area (Å²) in [5.41, 5.74) is -0.0479. The van der Waals surface area contributed by atoms with E-state index in [9.17, 15) is 27.6 Å². The van der Waals surface area contributed by atoms with Crippen LogP contribution in [0, 0.1) is 28.8 Å². The number of thioether (sulfide) groups is 1. The number of nitriles is 1. The Kier molecular flexibility index (Phi) is 6.61. The number of hydrogen-bond acceptors (Lipinski definition) is 6. The van der Waals surface area contributed by atoms with Gasteiger partial charge >= 0.3 is 0 Å². The molecule has 0 atom stereocenters. The topological polar surface area (TPSA) is 99.5 Å². The highest BCUT2D eigenvalue weighted by Gasteiger charge is 2.36. The van der Waals surface area contributed by atoms with Crippen molar-refractivity contribution in [2.75, 3.05) is 18.5 Å². The summed E-state index contributed by atoms with van der Waals surface area (Å²) < 4.78 is 45.0. The first-order chi connectivity index (χ1) is 14.8. The Morgan fingerprint density at radius 1 is 1.13 bits per heavy atom. The molecule has 0 aliphatic carbocycles. The van der Waals surface area contributed by atoms with Gasteiger partial charge in [0, 0.05) is 0 Å². The fourth-order valence-corrected chi connectivity index (χ4v) is 3.36. The van der Waals surface area contributed by atoms with E-state index in [0.717, 1.165) is 6.07 Å². The number of nitrogens with zero attached hydrogens (tertiary/aromatic N) is 2. The third-order valence-electron chi connectivity index (χ3n) is 3.97. The van der Waals surface area contributed by atoms with Gasteiger partial charge in [0.1, 0.15) is 18.4 Å². The van der Waals surface area contributed by atoms with Gasteiger partial charge in [-0.15, -0.1) is 0 Å². The molecule has 0 spiro atoms. The number of anilines is 1. The van der Waals surface area contributed by atoms with E-state index in [4.69, 9.17) is 10.00 Å². The third kappa shape index (κ3) is 5.04. The van der Waals surface area contributed by atoms with E-state index in [0.29, 0.717) is 34.0 Å². The SMILES string of the molecule is N#CCOc1ccc(/C=C2\SC(=O)N(CC(=O)Nc3ccc(F)c(F)c3F)C2=O)cc1. The lowest BCUT2D eigenvalue weighted by Gasteiger charge is -2.13. The van der Waals surface area contributed by atoms with Crippen molar-refractivity contribution in [2.24, 2.45) is 0 Å². The number of carbonyl (C=O) groups excluding carboxylic acids is 3. The van der Waals surface area contributed by atoms with Crippen molar-refractivity contribution in [3.63, 3.8) is 0 Å². The van der Waals surface area contributed by atoms with Crippen molar-refractivity contribution in [3.8, 4) is 11.8 Å². The predicted molar refractivity (Wildman–Crippen MR) is 105 cm³/mol. The minimum absolute atomic E-state index is 0.0579. The normalized spacial score (nSPS) is 14.6. The summed E-state index contributed by atoms with van der Waals surface area (Å²) >= 11 is 0.611. The van der Waals surface area contributed by atoms with Crippen molar-refractivity contribution in [1.29, 1.82) is 5.26 Å². The van der Waals surface area contributed by atoms with Crippen LogP contribution in [0.1, 0.15) is 5.56 Å². The molecule has 31 heavy (non-hydrogen) atoms. The van der Waals surface area contributed by atoms with Crippen LogP contribution < -0.4 is 10.1 Å². The van der Waals surface area contributed by atoms with Crippen molar-refractivity contribution < 1.29 is 32.3 Å². The maximum Gasteiger partial charge on any atom is 0.294 e. The second-order valence-corrected chi connectivity index (χ2v) is 7.05. The van der Waals surface area contributed by atoms with Crippen LogP contribution in [-0.2, 0) is 9.59 Å². The predicted octanol–water partition coefficient (Wildman–Crippen LogP) is 3.68. The first-order valence-corrected chi connectivity index (χ1v) is 9.40. The van der Waals surface area contributed by atoms with Crippen LogP contribution in [0.15, 0.2) is 41.3 Å². The summed E-state index contributed by atoms with van der Waals surface area (Å²) in [6.45, 7) is -0.851. The Morgan fingerprint density at radius 3 is 2.52 bits per heavy atom. The van der Waals surface area contributed by atoms with Gasteiger partial charge in [0.25, 0.3) is 11.1 Å². The molecule has 1 N–H and O–H groups in total. The van der Waals surface area contributed by atoms with Crippen molar-refractivity contribution in [3.05, 3.63) is 64.3 Å². The lowest BCUT2D eigenvalue weighted by Crippen LogP contribution is -2.36. The Bertz CT molecular complexity index is 1130. The molecular weight excluding hydrogens is 435 g/mol. The van der Waals surface area contributed by atoms with Crippen LogP contribution in [0.4, 0.5) is 23.7 Å². The summed E-state index contributed by atoms with van der Waals surface area (Å²) in [6.07, 6.45) is 1.44. The number of ether oxygens (including phenoxy) is 1. The second kappa shape index (κ2) is 9.36. The van der Waals surface area contributed by atoms with Gasteiger partial charge in [-0.05, 0) is 47.7 Å². The maximum absolute atomic E-state index is 13.7. The van der Waals surface area contributed by atoms with E-state index in [-0.39, 0.29) is 11.5 Å². The number of halogens is 3. The van der Waals surface area contributed by atoms with E-state index >= 15 is 0 Å². The van der Waals surface area contributed by atoms with E-state index < -0.39 is 46.7 Å². The minimum atomic E-state index is -1.75. The Balaban J connectivity index is 1.67. The molecule has 1 aliphatic heterocycles. The van der Waals surface area contributed by atoms with Crippen LogP contribution in [0.5, 0.6) is 5.75 Å². The standard InChI is InChI=1S/C20H12F3N3O4S/c21-13-5-6-14(18(23)17(13)22)25-16(27)10-26-19(28)15(31-20(26)29)9-11-1-3-12(4-2-11)30-8-7-24/h1-6,9H,8,10H2,(H,25,27)/b15-9-. The lowest BCUT2D eigenvalue weighted by molar-refractivity contribution is -0.127. The average molecular weight is 447 g/mol. The fraction of sp³-hybridized carbons (Fsp3) is 0.100. The number of amides is 3. The van der Waals surface area contributed by atoms with E-state index in [1.165, 1.54) is 6.08 Å².